The van der Waals surface area contributed by atoms with Crippen molar-refractivity contribution in [2.24, 2.45) is 0 Å². The van der Waals surface area contributed by atoms with Crippen LogP contribution in [0, 0.1) is 9.39 Å². The summed E-state index contributed by atoms with van der Waals surface area (Å²) in [6.07, 6.45) is 4.39. The van der Waals surface area contributed by atoms with Crippen LogP contribution in [0.1, 0.15) is 32.6 Å². The molecule has 0 N–H and O–H groups in total. The maximum absolute atomic E-state index is 13.4. The van der Waals surface area contributed by atoms with Gasteiger partial charge < -0.3 is 9.16 Å². The molecular formula is C20H24BrFIN3O2Si. The van der Waals surface area contributed by atoms with Gasteiger partial charge in [-0.05, 0) is 74.9 Å². The molecular weight excluding hydrogens is 568 g/mol. The smallest absolute Gasteiger partial charge is 0.192 e. The van der Waals surface area contributed by atoms with Crippen molar-refractivity contribution >= 4 is 52.4 Å². The fourth-order valence-corrected chi connectivity index (χ4v) is 4.56. The molecule has 3 aromatic rings. The Morgan fingerprint density at radius 2 is 2.00 bits per heavy atom. The molecule has 0 radical (unpaired) electrons. The van der Waals surface area contributed by atoms with Crippen molar-refractivity contribution in [2.45, 2.75) is 45.0 Å². The first-order valence-electron chi connectivity index (χ1n) is 9.22. The van der Waals surface area contributed by atoms with E-state index in [2.05, 4.69) is 82.5 Å². The molecule has 0 spiro atoms. The molecule has 9 heteroatoms. The summed E-state index contributed by atoms with van der Waals surface area (Å²) in [6.45, 7) is 11.3. The van der Waals surface area contributed by atoms with Crippen molar-refractivity contribution in [3.8, 4) is 5.75 Å². The molecule has 5 nitrogen and oxygen atoms in total. The Morgan fingerprint density at radius 3 is 2.62 bits per heavy atom. The van der Waals surface area contributed by atoms with Crippen LogP contribution in [0.2, 0.25) is 18.1 Å². The van der Waals surface area contributed by atoms with E-state index in [-0.39, 0.29) is 10.9 Å². The summed E-state index contributed by atoms with van der Waals surface area (Å²) >= 11 is 5.75. The number of ether oxygens (including phenoxy) is 1. The lowest BCUT2D eigenvalue weighted by Gasteiger charge is -2.37. The Kier molecular flexibility index (Phi) is 6.71. The molecule has 3 heterocycles. The topological polar surface area (TPSA) is 48.7 Å². The predicted octanol–water partition coefficient (Wildman–Crippen LogP) is 6.38. The molecule has 3 aromatic heterocycles. The number of nitrogens with zero attached hydrogens (tertiary/aromatic N) is 3. The van der Waals surface area contributed by atoms with Gasteiger partial charge >= 0.3 is 0 Å². The zero-order chi connectivity index (χ0) is 21.4. The summed E-state index contributed by atoms with van der Waals surface area (Å²) in [6, 6.07) is 4.94. The van der Waals surface area contributed by atoms with E-state index in [9.17, 15) is 4.39 Å². The monoisotopic (exact) mass is 591 g/mol. The molecule has 0 fully saturated rings. The van der Waals surface area contributed by atoms with Gasteiger partial charge in [-0.1, -0.05) is 20.8 Å². The van der Waals surface area contributed by atoms with Crippen molar-refractivity contribution in [1.29, 1.82) is 0 Å². The van der Waals surface area contributed by atoms with E-state index in [1.807, 2.05) is 12.3 Å². The first-order chi connectivity index (χ1) is 13.5. The molecule has 0 saturated heterocycles. The Balaban J connectivity index is 1.96. The van der Waals surface area contributed by atoms with Crippen LogP contribution in [0.5, 0.6) is 5.75 Å². The number of rotatable bonds is 6. The maximum atomic E-state index is 13.4. The number of hydrogen-bond donors (Lipinski definition) is 0. The van der Waals surface area contributed by atoms with Crippen molar-refractivity contribution in [2.75, 3.05) is 6.61 Å². The van der Waals surface area contributed by atoms with Crippen LogP contribution in [0.4, 0.5) is 4.39 Å². The summed E-state index contributed by atoms with van der Waals surface area (Å²) in [5, 5.41) is 4.43. The molecule has 1 unspecified atom stereocenters. The zero-order valence-corrected chi connectivity index (χ0v) is 21.8. The number of hydrogen-bond acceptors (Lipinski definition) is 4. The summed E-state index contributed by atoms with van der Waals surface area (Å²) in [5.41, 5.74) is 1.49. The van der Waals surface area contributed by atoms with Crippen LogP contribution in [0.3, 0.4) is 0 Å². The molecule has 0 aliphatic rings. The number of pyridine rings is 2. The molecule has 156 valence electrons. The normalized spacial score (nSPS) is 13.7. The Morgan fingerprint density at radius 1 is 1.28 bits per heavy atom. The van der Waals surface area contributed by atoms with E-state index in [1.54, 1.807) is 16.8 Å². The summed E-state index contributed by atoms with van der Waals surface area (Å²) < 4.78 is 29.8. The fraction of sp³-hybridized carbons (Fsp3) is 0.400. The molecule has 0 aromatic carbocycles. The molecule has 0 aliphatic carbocycles. The van der Waals surface area contributed by atoms with E-state index >= 15 is 0 Å². The third-order valence-corrected chi connectivity index (χ3v) is 11.0. The fourth-order valence-electron chi connectivity index (χ4n) is 2.52. The second-order valence-electron chi connectivity index (χ2n) is 8.39. The van der Waals surface area contributed by atoms with Gasteiger partial charge in [0.15, 0.2) is 14.4 Å². The summed E-state index contributed by atoms with van der Waals surface area (Å²) in [4.78, 5) is 4.25. The third-order valence-electron chi connectivity index (χ3n) is 5.25. The van der Waals surface area contributed by atoms with Crippen LogP contribution in [-0.2, 0) is 4.43 Å². The summed E-state index contributed by atoms with van der Waals surface area (Å²) in [7, 11) is -2.00. The number of halogens is 3. The Labute approximate surface area is 193 Å². The number of fused-ring (bicyclic) bond motifs is 1. The van der Waals surface area contributed by atoms with Gasteiger partial charge in [0.2, 0.25) is 0 Å². The van der Waals surface area contributed by atoms with Gasteiger partial charge in [-0.15, -0.1) is 0 Å². The highest BCUT2D eigenvalue weighted by Crippen LogP contribution is 2.38. The molecule has 3 rings (SSSR count). The largest absolute Gasteiger partial charge is 0.479 e. The van der Waals surface area contributed by atoms with Gasteiger partial charge in [-0.3, -0.25) is 4.98 Å². The molecule has 0 amide bonds. The van der Waals surface area contributed by atoms with Crippen molar-refractivity contribution in [1.82, 2.24) is 14.6 Å². The highest BCUT2D eigenvalue weighted by molar-refractivity contribution is 14.1. The van der Waals surface area contributed by atoms with Crippen molar-refractivity contribution in [3.05, 3.63) is 56.3 Å². The van der Waals surface area contributed by atoms with Gasteiger partial charge in [-0.2, -0.15) is 5.10 Å². The predicted molar refractivity (Wildman–Crippen MR) is 126 cm³/mol. The van der Waals surface area contributed by atoms with E-state index in [0.717, 1.165) is 13.6 Å². The number of aromatic nitrogens is 3. The van der Waals surface area contributed by atoms with Gasteiger partial charge in [0, 0.05) is 10.7 Å². The first kappa shape index (κ1) is 22.6. The van der Waals surface area contributed by atoms with Gasteiger partial charge in [0.1, 0.15) is 17.1 Å². The maximum Gasteiger partial charge on any atom is 0.192 e. The lowest BCUT2D eigenvalue weighted by Crippen LogP contribution is -2.42. The van der Waals surface area contributed by atoms with Crippen LogP contribution in [0.25, 0.3) is 5.52 Å². The van der Waals surface area contributed by atoms with E-state index in [1.165, 1.54) is 12.3 Å². The van der Waals surface area contributed by atoms with Gasteiger partial charge in [0.05, 0.1) is 28.3 Å². The van der Waals surface area contributed by atoms with Crippen molar-refractivity contribution < 1.29 is 13.6 Å². The van der Waals surface area contributed by atoms with Gasteiger partial charge in [-0.25, -0.2) is 8.91 Å². The van der Waals surface area contributed by atoms with Crippen LogP contribution < -0.4 is 4.74 Å². The second-order valence-corrected chi connectivity index (χ2v) is 15.3. The molecule has 29 heavy (non-hydrogen) atoms. The van der Waals surface area contributed by atoms with Crippen LogP contribution in [-0.4, -0.2) is 29.5 Å². The Hall–Kier alpha value is -1.04. The molecule has 0 bridgehead atoms. The lowest BCUT2D eigenvalue weighted by molar-refractivity contribution is 0.118. The second kappa shape index (κ2) is 8.60. The highest BCUT2D eigenvalue weighted by Gasteiger charge is 2.38. The van der Waals surface area contributed by atoms with E-state index < -0.39 is 14.4 Å². The minimum atomic E-state index is -2.00. The Bertz CT molecular complexity index is 1010. The summed E-state index contributed by atoms with van der Waals surface area (Å²) in [5.74, 6) is 0.282. The average Bonchev–Trinajstić information content (AvgIpc) is 2.99. The van der Waals surface area contributed by atoms with Crippen LogP contribution >= 0.6 is 38.5 Å². The molecule has 1 atom stereocenters. The van der Waals surface area contributed by atoms with Crippen LogP contribution in [0.15, 0.2) is 41.3 Å². The molecule has 0 aliphatic heterocycles. The average molecular weight is 592 g/mol. The minimum absolute atomic E-state index is 0.0671. The zero-order valence-electron chi connectivity index (χ0n) is 17.0. The lowest BCUT2D eigenvalue weighted by atomic mass is 10.2. The first-order valence-corrected chi connectivity index (χ1v) is 14.0. The quantitative estimate of drug-likeness (QED) is 0.247. The third kappa shape index (κ3) is 5.18. The molecule has 0 saturated carbocycles. The van der Waals surface area contributed by atoms with E-state index in [0.29, 0.717) is 18.1 Å². The van der Waals surface area contributed by atoms with Crippen molar-refractivity contribution in [3.63, 3.8) is 0 Å². The SMILES string of the molecule is CC(C)(C)[Si](C)(C)OCC(Oc1cc(Br)cn2ncc(I)c12)c1ccc(F)cn1. The minimum Gasteiger partial charge on any atom is -0.479 e. The standard InChI is InChI=1S/C20H24BrFIN3O2Si/c1-20(2,3)29(4,5)27-12-18(16-7-6-14(22)9-24-16)28-17-8-13(21)11-26-19(17)15(23)10-25-26/h6-11,18H,12H2,1-5H3. The van der Waals surface area contributed by atoms with Gasteiger partial charge in [0.25, 0.3) is 0 Å². The van der Waals surface area contributed by atoms with E-state index in [4.69, 9.17) is 9.16 Å². The highest BCUT2D eigenvalue weighted by atomic mass is 127.